The number of carbonyl (C=O) groups excluding carboxylic acids is 1. The highest BCUT2D eigenvalue weighted by Gasteiger charge is 2.40. The van der Waals surface area contributed by atoms with Gasteiger partial charge in [0.1, 0.15) is 0 Å². The fraction of sp³-hybridized carbons (Fsp3) is 0.682. The molecule has 3 aliphatic rings. The van der Waals surface area contributed by atoms with Gasteiger partial charge in [-0.3, -0.25) is 9.69 Å². The number of rotatable bonds is 4. The largest absolute Gasteiger partial charge is 0.353 e. The lowest BCUT2D eigenvalue weighted by atomic mass is 9.67. The molecule has 1 saturated heterocycles. The van der Waals surface area contributed by atoms with E-state index >= 15 is 0 Å². The molecule has 1 aliphatic heterocycles. The van der Waals surface area contributed by atoms with Gasteiger partial charge in [0.25, 0.3) is 0 Å². The Balaban J connectivity index is 1.27. The predicted octanol–water partition coefficient (Wildman–Crippen LogP) is 2.92. The smallest absolute Gasteiger partial charge is 0.223 e. The third-order valence-electron chi connectivity index (χ3n) is 6.89. The van der Waals surface area contributed by atoms with Gasteiger partial charge in [-0.15, -0.1) is 0 Å². The number of benzene rings is 1. The molecule has 0 spiro atoms. The highest BCUT2D eigenvalue weighted by atomic mass is 16.2. The van der Waals surface area contributed by atoms with Crippen molar-refractivity contribution in [2.45, 2.75) is 63.6 Å². The molecular formula is C22H33N3O. The van der Waals surface area contributed by atoms with Crippen LogP contribution in [-0.2, 0) is 11.3 Å². The summed E-state index contributed by atoms with van der Waals surface area (Å²) < 4.78 is 0. The van der Waals surface area contributed by atoms with Crippen molar-refractivity contribution in [3.8, 4) is 0 Å². The summed E-state index contributed by atoms with van der Waals surface area (Å²) in [7, 11) is 0. The molecule has 142 valence electrons. The third kappa shape index (κ3) is 4.12. The van der Waals surface area contributed by atoms with Crippen LogP contribution in [0.15, 0.2) is 30.3 Å². The molecule has 2 saturated carbocycles. The van der Waals surface area contributed by atoms with Gasteiger partial charge in [0.2, 0.25) is 5.91 Å². The van der Waals surface area contributed by atoms with Gasteiger partial charge in [-0.2, -0.15) is 0 Å². The second kappa shape index (κ2) is 8.10. The average Bonchev–Trinajstić information content (AvgIpc) is 2.64. The van der Waals surface area contributed by atoms with E-state index in [2.05, 4.69) is 40.5 Å². The number of fused-ring (bicyclic) bond motifs is 2. The normalized spacial score (nSPS) is 33.0. The Morgan fingerprint density at radius 3 is 2.35 bits per heavy atom. The Hall–Kier alpha value is -1.39. The summed E-state index contributed by atoms with van der Waals surface area (Å²) in [6.07, 6.45) is 7.95. The zero-order valence-electron chi connectivity index (χ0n) is 15.8. The zero-order chi connectivity index (χ0) is 17.9. The third-order valence-corrected chi connectivity index (χ3v) is 6.89. The van der Waals surface area contributed by atoms with Crippen LogP contribution in [0.3, 0.4) is 0 Å². The Morgan fingerprint density at radius 1 is 1.04 bits per heavy atom. The van der Waals surface area contributed by atoms with E-state index in [0.29, 0.717) is 29.8 Å². The molecule has 3 N–H and O–H groups in total. The predicted molar refractivity (Wildman–Crippen MR) is 104 cm³/mol. The lowest BCUT2D eigenvalue weighted by Crippen LogP contribution is -2.55. The molecule has 2 bridgehead atoms. The minimum Gasteiger partial charge on any atom is -0.353 e. The summed E-state index contributed by atoms with van der Waals surface area (Å²) in [6.45, 7) is 3.05. The number of nitrogens with zero attached hydrogens (tertiary/aromatic N) is 1. The van der Waals surface area contributed by atoms with Crippen LogP contribution in [0, 0.1) is 17.8 Å². The molecule has 4 heteroatoms. The molecule has 1 aromatic rings. The highest BCUT2D eigenvalue weighted by Crippen LogP contribution is 2.40. The van der Waals surface area contributed by atoms with E-state index in [9.17, 15) is 4.79 Å². The molecule has 1 aromatic carbocycles. The van der Waals surface area contributed by atoms with Crippen molar-refractivity contribution in [3.63, 3.8) is 0 Å². The molecule has 2 atom stereocenters. The summed E-state index contributed by atoms with van der Waals surface area (Å²) in [5, 5.41) is 3.46. The van der Waals surface area contributed by atoms with Crippen LogP contribution in [-0.4, -0.2) is 36.0 Å². The molecule has 3 fully saturated rings. The number of hydrogen-bond donors (Lipinski definition) is 2. The van der Waals surface area contributed by atoms with E-state index in [4.69, 9.17) is 5.73 Å². The van der Waals surface area contributed by atoms with Crippen LogP contribution in [0.4, 0.5) is 0 Å². The molecule has 2 unspecified atom stereocenters. The van der Waals surface area contributed by atoms with E-state index in [1.54, 1.807) is 0 Å². The summed E-state index contributed by atoms with van der Waals surface area (Å²) in [5.41, 5.74) is 7.58. The van der Waals surface area contributed by atoms with E-state index in [-0.39, 0.29) is 5.92 Å². The fourth-order valence-electron chi connectivity index (χ4n) is 5.50. The molecule has 26 heavy (non-hydrogen) atoms. The SMILES string of the molecule is NC1CC2CCCC(C1)C2NC(=O)C1CCN(Cc2ccccc2)CC1. The standard InChI is InChI=1S/C22H33N3O/c23-20-13-18-7-4-8-19(14-20)21(18)24-22(26)17-9-11-25(12-10-17)15-16-5-2-1-3-6-16/h1-3,5-6,17-21H,4,7-15,23H2,(H,24,26). The number of piperidine rings is 1. The molecule has 0 radical (unpaired) electrons. The monoisotopic (exact) mass is 355 g/mol. The topological polar surface area (TPSA) is 58.4 Å². The summed E-state index contributed by atoms with van der Waals surface area (Å²) in [6, 6.07) is 11.4. The first-order valence-corrected chi connectivity index (χ1v) is 10.5. The molecule has 4 rings (SSSR count). The zero-order valence-corrected chi connectivity index (χ0v) is 15.8. The number of amides is 1. The maximum Gasteiger partial charge on any atom is 0.223 e. The number of nitrogens with one attached hydrogen (secondary N) is 1. The second-order valence-corrected chi connectivity index (χ2v) is 8.75. The lowest BCUT2D eigenvalue weighted by Gasteiger charge is -2.45. The van der Waals surface area contributed by atoms with Crippen LogP contribution >= 0.6 is 0 Å². The quantitative estimate of drug-likeness (QED) is 0.873. The van der Waals surface area contributed by atoms with Crippen molar-refractivity contribution >= 4 is 5.91 Å². The van der Waals surface area contributed by atoms with Gasteiger partial charge < -0.3 is 11.1 Å². The first-order valence-electron chi connectivity index (χ1n) is 10.5. The lowest BCUT2D eigenvalue weighted by molar-refractivity contribution is -0.128. The Morgan fingerprint density at radius 2 is 1.69 bits per heavy atom. The van der Waals surface area contributed by atoms with Crippen molar-refractivity contribution in [1.29, 1.82) is 0 Å². The van der Waals surface area contributed by atoms with E-state index in [0.717, 1.165) is 45.3 Å². The van der Waals surface area contributed by atoms with Gasteiger partial charge in [-0.25, -0.2) is 0 Å². The van der Waals surface area contributed by atoms with Gasteiger partial charge in [0.05, 0.1) is 0 Å². The fourth-order valence-corrected chi connectivity index (χ4v) is 5.50. The Kier molecular flexibility index (Phi) is 5.60. The minimum absolute atomic E-state index is 0.193. The van der Waals surface area contributed by atoms with Crippen LogP contribution < -0.4 is 11.1 Å². The van der Waals surface area contributed by atoms with Crippen LogP contribution in [0.1, 0.15) is 50.5 Å². The van der Waals surface area contributed by atoms with Crippen LogP contribution in [0.5, 0.6) is 0 Å². The van der Waals surface area contributed by atoms with Crippen LogP contribution in [0.2, 0.25) is 0 Å². The molecular weight excluding hydrogens is 322 g/mol. The molecule has 2 aliphatic carbocycles. The maximum atomic E-state index is 12.9. The molecule has 1 amide bonds. The maximum absolute atomic E-state index is 12.9. The van der Waals surface area contributed by atoms with Gasteiger partial charge in [-0.05, 0) is 69.0 Å². The van der Waals surface area contributed by atoms with Gasteiger partial charge in [0.15, 0.2) is 0 Å². The Labute approximate surface area is 157 Å². The second-order valence-electron chi connectivity index (χ2n) is 8.75. The molecule has 1 heterocycles. The average molecular weight is 356 g/mol. The van der Waals surface area contributed by atoms with Crippen molar-refractivity contribution in [3.05, 3.63) is 35.9 Å². The molecule has 0 aromatic heterocycles. The van der Waals surface area contributed by atoms with E-state index < -0.39 is 0 Å². The number of nitrogens with two attached hydrogens (primary N) is 1. The number of hydrogen-bond acceptors (Lipinski definition) is 3. The minimum atomic E-state index is 0.193. The van der Waals surface area contributed by atoms with Gasteiger partial charge in [-0.1, -0.05) is 36.8 Å². The summed E-state index contributed by atoms with van der Waals surface area (Å²) >= 11 is 0. The molecule has 4 nitrogen and oxygen atoms in total. The first-order chi connectivity index (χ1) is 12.7. The van der Waals surface area contributed by atoms with Crippen molar-refractivity contribution < 1.29 is 4.79 Å². The van der Waals surface area contributed by atoms with E-state index in [1.807, 2.05) is 0 Å². The van der Waals surface area contributed by atoms with E-state index in [1.165, 1.54) is 24.8 Å². The summed E-state index contributed by atoms with van der Waals surface area (Å²) in [4.78, 5) is 15.4. The van der Waals surface area contributed by atoms with Crippen molar-refractivity contribution in [2.24, 2.45) is 23.5 Å². The number of likely N-dealkylation sites (tertiary alicyclic amines) is 1. The van der Waals surface area contributed by atoms with Crippen molar-refractivity contribution in [1.82, 2.24) is 10.2 Å². The first kappa shape index (κ1) is 18.0. The Bertz CT molecular complexity index is 583. The number of carbonyl (C=O) groups is 1. The van der Waals surface area contributed by atoms with Gasteiger partial charge >= 0.3 is 0 Å². The van der Waals surface area contributed by atoms with Crippen molar-refractivity contribution in [2.75, 3.05) is 13.1 Å². The highest BCUT2D eigenvalue weighted by molar-refractivity contribution is 5.79. The summed E-state index contributed by atoms with van der Waals surface area (Å²) in [5.74, 6) is 1.72. The van der Waals surface area contributed by atoms with Gasteiger partial charge in [0, 0.05) is 24.5 Å². The van der Waals surface area contributed by atoms with Crippen LogP contribution in [0.25, 0.3) is 0 Å².